The van der Waals surface area contributed by atoms with Gasteiger partial charge in [0.05, 0.1) is 44.1 Å². The molecule has 1 aromatic heterocycles. The van der Waals surface area contributed by atoms with E-state index < -0.39 is 27.3 Å². The van der Waals surface area contributed by atoms with E-state index in [-0.39, 0.29) is 49.7 Å². The van der Waals surface area contributed by atoms with Crippen molar-refractivity contribution in [3.05, 3.63) is 105 Å². The SMILES string of the molecule is CCOC(=O)C1=c2sc(=Cc3cccc([N+](=O)[O-])c3)c(=O)n2C(N)=C(C#N)C1c1cccc([N+](=O)[O-])c1. The molecule has 0 aliphatic carbocycles. The summed E-state index contributed by atoms with van der Waals surface area (Å²) < 4.78 is 6.43. The molecule has 0 spiro atoms. The van der Waals surface area contributed by atoms with Gasteiger partial charge in [-0.1, -0.05) is 24.3 Å². The molecule has 0 fully saturated rings. The average Bonchev–Trinajstić information content (AvgIpc) is 3.19. The fourth-order valence-corrected chi connectivity index (χ4v) is 5.15. The second kappa shape index (κ2) is 9.88. The summed E-state index contributed by atoms with van der Waals surface area (Å²) in [5.41, 5.74) is 5.56. The molecule has 2 N–H and O–H groups in total. The molecule has 4 rings (SSSR count). The lowest BCUT2D eigenvalue weighted by molar-refractivity contribution is -0.385. The number of nitriles is 1. The zero-order valence-corrected chi connectivity index (χ0v) is 19.9. The van der Waals surface area contributed by atoms with Gasteiger partial charge in [-0.15, -0.1) is 11.3 Å². The van der Waals surface area contributed by atoms with Gasteiger partial charge in [0.15, 0.2) is 0 Å². The molecule has 3 aromatic rings. The highest BCUT2D eigenvalue weighted by Crippen LogP contribution is 2.37. The van der Waals surface area contributed by atoms with Crippen molar-refractivity contribution in [3.63, 3.8) is 0 Å². The Bertz CT molecular complexity index is 1730. The van der Waals surface area contributed by atoms with Gasteiger partial charge in [0.2, 0.25) is 0 Å². The first-order valence-corrected chi connectivity index (χ1v) is 11.5. The van der Waals surface area contributed by atoms with E-state index in [1.807, 2.05) is 6.07 Å². The number of carbonyl (C=O) groups is 1. The molecule has 0 amide bonds. The molecule has 186 valence electrons. The number of nitro groups is 2. The number of non-ortho nitro benzene ring substituents is 2. The number of nitrogens with zero attached hydrogens (tertiary/aromatic N) is 4. The summed E-state index contributed by atoms with van der Waals surface area (Å²) in [5, 5.41) is 32.5. The summed E-state index contributed by atoms with van der Waals surface area (Å²) in [4.78, 5) is 47.9. The van der Waals surface area contributed by atoms with Gasteiger partial charge >= 0.3 is 5.97 Å². The van der Waals surface area contributed by atoms with Crippen molar-refractivity contribution in [2.75, 3.05) is 6.61 Å². The van der Waals surface area contributed by atoms with E-state index >= 15 is 0 Å². The van der Waals surface area contributed by atoms with E-state index in [1.54, 1.807) is 13.0 Å². The molecule has 37 heavy (non-hydrogen) atoms. The highest BCUT2D eigenvalue weighted by atomic mass is 32.1. The number of rotatable bonds is 6. The number of hydrogen-bond donors (Lipinski definition) is 1. The standard InChI is InChI=1S/C24H17N5O7S/c1-2-36-24(31)20-19(14-6-4-8-16(11-14)29(34)35)17(12-25)21(26)27-22(30)18(37-23(20)27)10-13-5-3-7-15(9-13)28(32)33/h3-11,19H,2,26H2,1H3. The summed E-state index contributed by atoms with van der Waals surface area (Å²) in [6.07, 6.45) is 1.41. The number of carbonyl (C=O) groups excluding carboxylic acids is 1. The number of nitro benzene ring substituents is 2. The van der Waals surface area contributed by atoms with Gasteiger partial charge in [-0.3, -0.25) is 29.6 Å². The maximum Gasteiger partial charge on any atom is 0.338 e. The number of aromatic nitrogens is 1. The molecule has 0 radical (unpaired) electrons. The summed E-state index contributed by atoms with van der Waals surface area (Å²) in [6, 6.07) is 13.0. The molecule has 12 nitrogen and oxygen atoms in total. The van der Waals surface area contributed by atoms with E-state index in [1.165, 1.54) is 48.5 Å². The lowest BCUT2D eigenvalue weighted by Gasteiger charge is -2.24. The number of thiazole rings is 1. The van der Waals surface area contributed by atoms with Gasteiger partial charge in [-0.05, 0) is 24.1 Å². The van der Waals surface area contributed by atoms with Crippen molar-refractivity contribution in [3.8, 4) is 6.07 Å². The number of fused-ring (bicyclic) bond motifs is 1. The number of hydrogen-bond acceptors (Lipinski definition) is 10. The van der Waals surface area contributed by atoms with Crippen LogP contribution < -0.4 is 20.5 Å². The molecule has 0 saturated carbocycles. The largest absolute Gasteiger partial charge is 0.463 e. The smallest absolute Gasteiger partial charge is 0.338 e. The molecule has 2 aromatic carbocycles. The van der Waals surface area contributed by atoms with Gasteiger partial charge in [0.1, 0.15) is 10.5 Å². The minimum absolute atomic E-state index is 0.00660. The van der Waals surface area contributed by atoms with Crippen LogP contribution >= 0.6 is 11.3 Å². The van der Waals surface area contributed by atoms with E-state index in [4.69, 9.17) is 10.5 Å². The maximum atomic E-state index is 13.4. The van der Waals surface area contributed by atoms with E-state index in [0.717, 1.165) is 15.9 Å². The highest BCUT2D eigenvalue weighted by molar-refractivity contribution is 7.07. The lowest BCUT2D eigenvalue weighted by Crippen LogP contribution is -2.40. The quantitative estimate of drug-likeness (QED) is 0.288. The molecular weight excluding hydrogens is 502 g/mol. The number of benzene rings is 2. The van der Waals surface area contributed by atoms with Gasteiger partial charge in [0, 0.05) is 24.3 Å². The lowest BCUT2D eigenvalue weighted by atomic mass is 9.83. The fraction of sp³-hybridized carbons (Fsp3) is 0.125. The Labute approximate surface area is 211 Å². The maximum absolute atomic E-state index is 13.4. The van der Waals surface area contributed by atoms with Crippen molar-refractivity contribution >= 4 is 46.2 Å². The summed E-state index contributed by atoms with van der Waals surface area (Å²) in [7, 11) is 0. The molecule has 1 unspecified atom stereocenters. The number of allylic oxidation sites excluding steroid dienone is 1. The van der Waals surface area contributed by atoms with Gasteiger partial charge in [-0.25, -0.2) is 4.79 Å². The van der Waals surface area contributed by atoms with Crippen LogP contribution in [0.2, 0.25) is 0 Å². The normalized spacial score (nSPS) is 15.2. The molecule has 0 bridgehead atoms. The monoisotopic (exact) mass is 519 g/mol. The third-order valence-electron chi connectivity index (χ3n) is 5.56. The molecular formula is C24H17N5O7S. The molecule has 0 saturated heterocycles. The van der Waals surface area contributed by atoms with Crippen LogP contribution in [0.15, 0.2) is 58.9 Å². The third-order valence-corrected chi connectivity index (χ3v) is 6.67. The molecule has 1 aliphatic heterocycles. The topological polar surface area (TPSA) is 184 Å². The van der Waals surface area contributed by atoms with Crippen molar-refractivity contribution in [2.24, 2.45) is 5.73 Å². The minimum atomic E-state index is -1.13. The Morgan fingerprint density at radius 1 is 1.19 bits per heavy atom. The van der Waals surface area contributed by atoms with Crippen molar-refractivity contribution in [1.29, 1.82) is 5.26 Å². The summed E-state index contributed by atoms with van der Waals surface area (Å²) in [5.74, 6) is -2.19. The molecule has 1 aliphatic rings. The van der Waals surface area contributed by atoms with Crippen LogP contribution in [0.4, 0.5) is 11.4 Å². The van der Waals surface area contributed by atoms with Crippen LogP contribution in [0.3, 0.4) is 0 Å². The summed E-state index contributed by atoms with van der Waals surface area (Å²) in [6.45, 7) is 1.58. The molecule has 1 atom stereocenters. The fourth-order valence-electron chi connectivity index (χ4n) is 3.98. The second-order valence-corrected chi connectivity index (χ2v) is 8.77. The zero-order chi connectivity index (χ0) is 26.9. The van der Waals surface area contributed by atoms with E-state index in [0.29, 0.717) is 5.56 Å². The van der Waals surface area contributed by atoms with Crippen molar-refractivity contribution in [1.82, 2.24) is 4.57 Å². The molecule has 2 heterocycles. The Kier molecular flexibility index (Phi) is 6.68. The third kappa shape index (κ3) is 4.48. The van der Waals surface area contributed by atoms with Crippen LogP contribution in [-0.4, -0.2) is 27.0 Å². The van der Waals surface area contributed by atoms with E-state index in [9.17, 15) is 35.1 Å². The number of ether oxygens (including phenoxy) is 1. The Hall–Kier alpha value is -5.09. The average molecular weight is 519 g/mol. The number of esters is 1. The predicted octanol–water partition coefficient (Wildman–Crippen LogP) is 1.72. The van der Waals surface area contributed by atoms with Gasteiger partial charge in [-0.2, -0.15) is 5.26 Å². The predicted molar refractivity (Wildman–Crippen MR) is 133 cm³/mol. The molecule has 13 heteroatoms. The minimum Gasteiger partial charge on any atom is -0.463 e. The van der Waals surface area contributed by atoms with Crippen molar-refractivity contribution < 1.29 is 19.4 Å². The van der Waals surface area contributed by atoms with Crippen molar-refractivity contribution in [2.45, 2.75) is 12.8 Å². The van der Waals surface area contributed by atoms with Crippen LogP contribution in [0, 0.1) is 31.6 Å². The first-order valence-electron chi connectivity index (χ1n) is 10.7. The van der Waals surface area contributed by atoms with Crippen LogP contribution in [0.1, 0.15) is 24.0 Å². The van der Waals surface area contributed by atoms with E-state index in [2.05, 4.69) is 0 Å². The zero-order valence-electron chi connectivity index (χ0n) is 19.1. The van der Waals surface area contributed by atoms with Gasteiger partial charge < -0.3 is 10.5 Å². The number of nitrogens with two attached hydrogens (primary N) is 1. The Balaban J connectivity index is 2.08. The van der Waals surface area contributed by atoms with Crippen LogP contribution in [-0.2, 0) is 9.53 Å². The first kappa shape index (κ1) is 25.0. The van der Waals surface area contributed by atoms with Crippen LogP contribution in [0.25, 0.3) is 17.5 Å². The van der Waals surface area contributed by atoms with Crippen LogP contribution in [0.5, 0.6) is 0 Å². The second-order valence-electron chi connectivity index (χ2n) is 7.74. The highest BCUT2D eigenvalue weighted by Gasteiger charge is 2.37. The Morgan fingerprint density at radius 2 is 1.84 bits per heavy atom. The Morgan fingerprint density at radius 3 is 2.46 bits per heavy atom. The van der Waals surface area contributed by atoms with Gasteiger partial charge in [0.25, 0.3) is 16.9 Å². The first-order chi connectivity index (χ1) is 17.7. The summed E-state index contributed by atoms with van der Waals surface area (Å²) >= 11 is 0.888.